The lowest BCUT2D eigenvalue weighted by atomic mass is 9.98. The maximum atomic E-state index is 13.4. The average Bonchev–Trinajstić information content (AvgIpc) is 2.65. The predicted octanol–water partition coefficient (Wildman–Crippen LogP) is 1.44. The number of benzene rings is 1. The SMILES string of the molecule is COc1ccc([C@@H]2CNC(=O)C2)cc1F. The van der Waals surface area contributed by atoms with Crippen molar-refractivity contribution in [1.82, 2.24) is 5.32 Å². The first kappa shape index (κ1) is 9.96. The molecule has 15 heavy (non-hydrogen) atoms. The van der Waals surface area contributed by atoms with E-state index in [-0.39, 0.29) is 23.4 Å². The maximum absolute atomic E-state index is 13.4. The van der Waals surface area contributed by atoms with Crippen LogP contribution in [0.4, 0.5) is 4.39 Å². The van der Waals surface area contributed by atoms with Gasteiger partial charge in [0.05, 0.1) is 7.11 Å². The van der Waals surface area contributed by atoms with Gasteiger partial charge in [-0.1, -0.05) is 6.07 Å². The molecule has 1 atom stereocenters. The third kappa shape index (κ3) is 1.93. The van der Waals surface area contributed by atoms with Gasteiger partial charge in [-0.05, 0) is 17.7 Å². The topological polar surface area (TPSA) is 38.3 Å². The van der Waals surface area contributed by atoms with Crippen molar-refractivity contribution in [1.29, 1.82) is 0 Å². The van der Waals surface area contributed by atoms with E-state index in [0.29, 0.717) is 13.0 Å². The fraction of sp³-hybridized carbons (Fsp3) is 0.364. The van der Waals surface area contributed by atoms with Crippen LogP contribution in [0.5, 0.6) is 5.75 Å². The standard InChI is InChI=1S/C11H12FNO2/c1-15-10-3-2-7(4-9(10)12)8-5-11(14)13-6-8/h2-4,8H,5-6H2,1H3,(H,13,14)/t8-/m0/s1. The maximum Gasteiger partial charge on any atom is 0.220 e. The van der Waals surface area contributed by atoms with Crippen molar-refractivity contribution in [3.8, 4) is 5.75 Å². The smallest absolute Gasteiger partial charge is 0.220 e. The molecule has 1 aromatic carbocycles. The van der Waals surface area contributed by atoms with Crippen LogP contribution in [-0.4, -0.2) is 19.6 Å². The predicted molar refractivity (Wildman–Crippen MR) is 53.3 cm³/mol. The first-order valence-electron chi connectivity index (χ1n) is 4.81. The van der Waals surface area contributed by atoms with Crippen LogP contribution in [0, 0.1) is 5.82 Å². The van der Waals surface area contributed by atoms with Crippen molar-refractivity contribution in [3.63, 3.8) is 0 Å². The highest BCUT2D eigenvalue weighted by atomic mass is 19.1. The molecule has 1 heterocycles. The van der Waals surface area contributed by atoms with E-state index >= 15 is 0 Å². The minimum absolute atomic E-state index is 0.0243. The zero-order valence-corrected chi connectivity index (χ0v) is 8.42. The summed E-state index contributed by atoms with van der Waals surface area (Å²) < 4.78 is 18.2. The van der Waals surface area contributed by atoms with Crippen LogP contribution >= 0.6 is 0 Å². The number of hydrogen-bond donors (Lipinski definition) is 1. The average molecular weight is 209 g/mol. The third-order valence-corrected chi connectivity index (χ3v) is 2.62. The monoisotopic (exact) mass is 209 g/mol. The number of carbonyl (C=O) groups excluding carboxylic acids is 1. The van der Waals surface area contributed by atoms with E-state index in [1.807, 2.05) is 0 Å². The van der Waals surface area contributed by atoms with Crippen LogP contribution in [0.2, 0.25) is 0 Å². The van der Waals surface area contributed by atoms with Crippen molar-refractivity contribution >= 4 is 5.91 Å². The van der Waals surface area contributed by atoms with Gasteiger partial charge in [0.2, 0.25) is 5.91 Å². The molecule has 0 aromatic heterocycles. The number of nitrogens with one attached hydrogen (secondary N) is 1. The number of rotatable bonds is 2. The summed E-state index contributed by atoms with van der Waals surface area (Å²) in [7, 11) is 1.43. The Bertz CT molecular complexity index is 392. The molecule has 4 heteroatoms. The molecule has 1 aliphatic heterocycles. The summed E-state index contributed by atoms with van der Waals surface area (Å²) in [5.74, 6) is -0.0421. The fourth-order valence-corrected chi connectivity index (χ4v) is 1.78. The van der Waals surface area contributed by atoms with Gasteiger partial charge in [-0.15, -0.1) is 0 Å². The summed E-state index contributed by atoms with van der Waals surface area (Å²) in [4.78, 5) is 11.0. The summed E-state index contributed by atoms with van der Waals surface area (Å²) in [5, 5.41) is 2.72. The van der Waals surface area contributed by atoms with E-state index in [9.17, 15) is 9.18 Å². The van der Waals surface area contributed by atoms with Gasteiger partial charge in [0.25, 0.3) is 0 Å². The normalized spacial score (nSPS) is 20.1. The van der Waals surface area contributed by atoms with Crippen molar-refractivity contribution < 1.29 is 13.9 Å². The fourth-order valence-electron chi connectivity index (χ4n) is 1.78. The molecule has 0 radical (unpaired) electrons. The molecule has 3 nitrogen and oxygen atoms in total. The molecule has 0 unspecified atom stereocenters. The summed E-state index contributed by atoms with van der Waals surface area (Å²) in [6.45, 7) is 0.588. The lowest BCUT2D eigenvalue weighted by Crippen LogP contribution is -2.13. The second-order valence-corrected chi connectivity index (χ2v) is 3.60. The highest BCUT2D eigenvalue weighted by molar-refractivity contribution is 5.79. The Morgan fingerprint density at radius 3 is 2.87 bits per heavy atom. The molecule has 2 rings (SSSR count). The van der Waals surface area contributed by atoms with Crippen LogP contribution in [0.25, 0.3) is 0 Å². The summed E-state index contributed by atoms with van der Waals surface area (Å²) in [5.41, 5.74) is 0.839. The number of carbonyl (C=O) groups is 1. The molecular formula is C11H12FNO2. The minimum Gasteiger partial charge on any atom is -0.494 e. The van der Waals surface area contributed by atoms with Crippen LogP contribution in [-0.2, 0) is 4.79 Å². The van der Waals surface area contributed by atoms with Crippen LogP contribution in [0.15, 0.2) is 18.2 Å². The van der Waals surface area contributed by atoms with Crippen LogP contribution < -0.4 is 10.1 Å². The van der Waals surface area contributed by atoms with Gasteiger partial charge in [-0.25, -0.2) is 4.39 Å². The molecular weight excluding hydrogens is 197 g/mol. The second kappa shape index (κ2) is 3.88. The Kier molecular flexibility index (Phi) is 2.58. The summed E-state index contributed by atoms with van der Waals surface area (Å²) >= 11 is 0. The van der Waals surface area contributed by atoms with Crippen molar-refractivity contribution in [3.05, 3.63) is 29.6 Å². The van der Waals surface area contributed by atoms with Gasteiger partial charge < -0.3 is 10.1 Å². The van der Waals surface area contributed by atoms with Crippen molar-refractivity contribution in [2.75, 3.05) is 13.7 Å². The molecule has 0 saturated carbocycles. The number of hydrogen-bond acceptors (Lipinski definition) is 2. The first-order valence-corrected chi connectivity index (χ1v) is 4.81. The second-order valence-electron chi connectivity index (χ2n) is 3.60. The molecule has 1 aromatic rings. The van der Waals surface area contributed by atoms with Crippen molar-refractivity contribution in [2.24, 2.45) is 0 Å². The number of ether oxygens (including phenoxy) is 1. The highest BCUT2D eigenvalue weighted by Gasteiger charge is 2.23. The lowest BCUT2D eigenvalue weighted by molar-refractivity contribution is -0.119. The van der Waals surface area contributed by atoms with Gasteiger partial charge >= 0.3 is 0 Å². The molecule has 0 bridgehead atoms. The largest absolute Gasteiger partial charge is 0.494 e. The summed E-state index contributed by atoms with van der Waals surface area (Å²) in [6, 6.07) is 4.82. The van der Waals surface area contributed by atoms with Gasteiger partial charge in [0, 0.05) is 18.9 Å². The Hall–Kier alpha value is -1.58. The van der Waals surface area contributed by atoms with Crippen LogP contribution in [0.3, 0.4) is 0 Å². The molecule has 1 saturated heterocycles. The zero-order chi connectivity index (χ0) is 10.8. The Morgan fingerprint density at radius 2 is 2.33 bits per heavy atom. The number of amides is 1. The van der Waals surface area contributed by atoms with Crippen LogP contribution in [0.1, 0.15) is 17.9 Å². The molecule has 1 amide bonds. The molecule has 80 valence electrons. The lowest BCUT2D eigenvalue weighted by Gasteiger charge is -2.09. The van der Waals surface area contributed by atoms with Crippen molar-refractivity contribution in [2.45, 2.75) is 12.3 Å². The first-order chi connectivity index (χ1) is 7.20. The molecule has 1 N–H and O–H groups in total. The van der Waals surface area contributed by atoms with E-state index in [0.717, 1.165) is 5.56 Å². The molecule has 1 aliphatic rings. The quantitative estimate of drug-likeness (QED) is 0.800. The van der Waals surface area contributed by atoms with E-state index in [2.05, 4.69) is 5.32 Å². The van der Waals surface area contributed by atoms with Gasteiger partial charge in [0.15, 0.2) is 11.6 Å². The molecule has 1 fully saturated rings. The number of methoxy groups -OCH3 is 1. The Balaban J connectivity index is 2.22. The van der Waals surface area contributed by atoms with Gasteiger partial charge in [0.1, 0.15) is 0 Å². The molecule has 0 spiro atoms. The molecule has 0 aliphatic carbocycles. The summed E-state index contributed by atoms with van der Waals surface area (Å²) in [6.07, 6.45) is 0.436. The van der Waals surface area contributed by atoms with Gasteiger partial charge in [-0.2, -0.15) is 0 Å². The minimum atomic E-state index is -0.380. The van der Waals surface area contributed by atoms with Gasteiger partial charge in [-0.3, -0.25) is 4.79 Å². The van der Waals surface area contributed by atoms with E-state index in [1.165, 1.54) is 13.2 Å². The third-order valence-electron chi connectivity index (χ3n) is 2.62. The highest BCUT2D eigenvalue weighted by Crippen LogP contribution is 2.26. The number of halogens is 1. The van der Waals surface area contributed by atoms with E-state index in [4.69, 9.17) is 4.74 Å². The Labute approximate surface area is 87.2 Å². The Morgan fingerprint density at radius 1 is 1.53 bits per heavy atom. The van der Waals surface area contributed by atoms with E-state index < -0.39 is 0 Å². The zero-order valence-electron chi connectivity index (χ0n) is 8.42. The van der Waals surface area contributed by atoms with E-state index in [1.54, 1.807) is 12.1 Å².